The van der Waals surface area contributed by atoms with Crippen LogP contribution in [0.3, 0.4) is 0 Å². The Balaban J connectivity index is 2.66. The van der Waals surface area contributed by atoms with Gasteiger partial charge in [-0.1, -0.05) is 18.2 Å². The maximum Gasteiger partial charge on any atom is 0.0367 e. The maximum atomic E-state index is 3.95. The highest BCUT2D eigenvalue weighted by molar-refractivity contribution is 5.34. The number of allylic oxidation sites excluding steroid dienone is 4. The van der Waals surface area contributed by atoms with Crippen molar-refractivity contribution in [2.75, 3.05) is 6.54 Å². The van der Waals surface area contributed by atoms with Crippen LogP contribution in [0.2, 0.25) is 0 Å². The van der Waals surface area contributed by atoms with Crippen molar-refractivity contribution in [2.45, 2.75) is 20.3 Å². The fourth-order valence-corrected chi connectivity index (χ4v) is 1.03. The van der Waals surface area contributed by atoms with Gasteiger partial charge >= 0.3 is 0 Å². The molecule has 0 amide bonds. The molecular weight excluding hydrogens is 134 g/mol. The Kier molecular flexibility index (Phi) is 2.53. The predicted molar refractivity (Wildman–Crippen MR) is 49.3 cm³/mol. The van der Waals surface area contributed by atoms with Gasteiger partial charge in [-0.2, -0.15) is 0 Å². The van der Waals surface area contributed by atoms with E-state index in [2.05, 4.69) is 37.9 Å². The molecule has 1 aliphatic rings. The van der Waals surface area contributed by atoms with Crippen molar-refractivity contribution >= 4 is 0 Å². The lowest BCUT2D eigenvalue weighted by Gasteiger charge is -1.96. The lowest BCUT2D eigenvalue weighted by atomic mass is 10.2. The summed E-state index contributed by atoms with van der Waals surface area (Å²) in [6, 6.07) is 0. The van der Waals surface area contributed by atoms with Crippen molar-refractivity contribution in [1.29, 1.82) is 0 Å². The minimum Gasteiger partial charge on any atom is -0.385 e. The lowest BCUT2D eigenvalue weighted by molar-refractivity contribution is 0.915. The Morgan fingerprint density at radius 1 is 1.55 bits per heavy atom. The molecule has 0 aromatic heterocycles. The molecule has 1 aliphatic heterocycles. The molecule has 0 bridgehead atoms. The third-order valence-electron chi connectivity index (χ3n) is 1.71. The first-order chi connectivity index (χ1) is 5.20. The normalized spacial score (nSPS) is 20.2. The van der Waals surface area contributed by atoms with Crippen molar-refractivity contribution in [3.63, 3.8) is 0 Å². The zero-order valence-corrected chi connectivity index (χ0v) is 7.28. The molecule has 1 heterocycles. The molecule has 1 saturated heterocycles. The highest BCUT2D eigenvalue weighted by atomic mass is 14.9. The third kappa shape index (κ3) is 2.26. The van der Waals surface area contributed by atoms with Gasteiger partial charge in [0.2, 0.25) is 0 Å². The molecule has 0 radical (unpaired) electrons. The first-order valence-electron chi connectivity index (χ1n) is 3.97. The van der Waals surface area contributed by atoms with Gasteiger partial charge in [0, 0.05) is 12.2 Å². The van der Waals surface area contributed by atoms with Crippen molar-refractivity contribution < 1.29 is 0 Å². The minimum atomic E-state index is 1.04. The molecule has 0 atom stereocenters. The average molecular weight is 149 g/mol. The fraction of sp³-hybridized carbons (Fsp3) is 0.400. The summed E-state index contributed by atoms with van der Waals surface area (Å²) >= 11 is 0. The van der Waals surface area contributed by atoms with E-state index in [9.17, 15) is 0 Å². The van der Waals surface area contributed by atoms with Gasteiger partial charge in [-0.15, -0.1) is 0 Å². The zero-order valence-electron chi connectivity index (χ0n) is 7.28. The van der Waals surface area contributed by atoms with Crippen molar-refractivity contribution in [1.82, 2.24) is 5.32 Å². The van der Waals surface area contributed by atoms with Crippen molar-refractivity contribution in [3.8, 4) is 0 Å². The molecule has 0 aliphatic carbocycles. The standard InChI is InChI=1S/C10H15N/c1-8(2)4-5-10-9(3)6-7-11-10/h4-5,11H,3,6-7H2,1-2H3/b10-5+. The van der Waals surface area contributed by atoms with Gasteiger partial charge in [-0.3, -0.25) is 0 Å². The van der Waals surface area contributed by atoms with Crippen LogP contribution < -0.4 is 5.32 Å². The van der Waals surface area contributed by atoms with Gasteiger partial charge in [-0.25, -0.2) is 0 Å². The average Bonchev–Trinajstić information content (AvgIpc) is 2.31. The Hall–Kier alpha value is -0.980. The van der Waals surface area contributed by atoms with E-state index < -0.39 is 0 Å². The summed E-state index contributed by atoms with van der Waals surface area (Å²) in [7, 11) is 0. The minimum absolute atomic E-state index is 1.04. The van der Waals surface area contributed by atoms with Crippen LogP contribution in [0, 0.1) is 0 Å². The van der Waals surface area contributed by atoms with Crippen molar-refractivity contribution in [2.24, 2.45) is 0 Å². The Bertz CT molecular complexity index is 217. The second kappa shape index (κ2) is 3.42. The van der Waals surface area contributed by atoms with E-state index in [-0.39, 0.29) is 0 Å². The highest BCUT2D eigenvalue weighted by Gasteiger charge is 2.07. The summed E-state index contributed by atoms with van der Waals surface area (Å²) in [4.78, 5) is 0. The summed E-state index contributed by atoms with van der Waals surface area (Å²) in [5.41, 5.74) is 3.74. The van der Waals surface area contributed by atoms with E-state index in [0.29, 0.717) is 0 Å². The maximum absolute atomic E-state index is 3.95. The Morgan fingerprint density at radius 3 is 2.73 bits per heavy atom. The van der Waals surface area contributed by atoms with Gasteiger partial charge in [0.15, 0.2) is 0 Å². The summed E-state index contributed by atoms with van der Waals surface area (Å²) in [5.74, 6) is 0. The van der Waals surface area contributed by atoms with E-state index in [0.717, 1.165) is 13.0 Å². The molecule has 0 aromatic carbocycles. The molecule has 1 heteroatoms. The molecule has 0 spiro atoms. The van der Waals surface area contributed by atoms with Crippen LogP contribution in [0.5, 0.6) is 0 Å². The summed E-state index contributed by atoms with van der Waals surface area (Å²) in [6.07, 6.45) is 5.30. The summed E-state index contributed by atoms with van der Waals surface area (Å²) in [6.45, 7) is 9.18. The number of rotatable bonds is 1. The van der Waals surface area contributed by atoms with Gasteiger partial charge in [0.05, 0.1) is 0 Å². The summed E-state index contributed by atoms with van der Waals surface area (Å²) < 4.78 is 0. The fourth-order valence-electron chi connectivity index (χ4n) is 1.03. The second-order valence-electron chi connectivity index (χ2n) is 3.10. The van der Waals surface area contributed by atoms with E-state index >= 15 is 0 Å². The van der Waals surface area contributed by atoms with Gasteiger partial charge < -0.3 is 5.32 Å². The van der Waals surface area contributed by atoms with Gasteiger partial charge in [-0.05, 0) is 31.9 Å². The third-order valence-corrected chi connectivity index (χ3v) is 1.71. The zero-order chi connectivity index (χ0) is 8.27. The Labute approximate surface area is 68.5 Å². The van der Waals surface area contributed by atoms with Crippen LogP contribution in [0.25, 0.3) is 0 Å². The first-order valence-corrected chi connectivity index (χ1v) is 3.97. The molecule has 0 unspecified atom stereocenters. The molecular formula is C10H15N. The molecule has 1 fully saturated rings. The van der Waals surface area contributed by atoms with E-state index in [4.69, 9.17) is 0 Å². The highest BCUT2D eigenvalue weighted by Crippen LogP contribution is 2.15. The smallest absolute Gasteiger partial charge is 0.0367 e. The predicted octanol–water partition coefficient (Wildman–Crippen LogP) is 2.39. The number of hydrogen-bond acceptors (Lipinski definition) is 1. The van der Waals surface area contributed by atoms with Crippen LogP contribution in [0.1, 0.15) is 20.3 Å². The molecule has 0 saturated carbocycles. The lowest BCUT2D eigenvalue weighted by Crippen LogP contribution is -2.03. The van der Waals surface area contributed by atoms with Gasteiger partial charge in [0.25, 0.3) is 0 Å². The SMILES string of the molecule is C=C1CCN/C1=C/C=C(C)C. The van der Waals surface area contributed by atoms with Crippen LogP contribution in [-0.2, 0) is 0 Å². The van der Waals surface area contributed by atoms with Crippen LogP contribution in [0.15, 0.2) is 35.6 Å². The molecule has 60 valence electrons. The molecule has 1 rings (SSSR count). The number of hydrogen-bond donors (Lipinski definition) is 1. The quantitative estimate of drug-likeness (QED) is 0.603. The van der Waals surface area contributed by atoms with E-state index in [1.165, 1.54) is 16.8 Å². The van der Waals surface area contributed by atoms with Crippen LogP contribution in [-0.4, -0.2) is 6.54 Å². The van der Waals surface area contributed by atoms with Crippen LogP contribution >= 0.6 is 0 Å². The topological polar surface area (TPSA) is 12.0 Å². The molecule has 0 aromatic rings. The van der Waals surface area contributed by atoms with E-state index in [1.807, 2.05) is 0 Å². The molecule has 1 N–H and O–H groups in total. The molecule has 1 nitrogen and oxygen atoms in total. The largest absolute Gasteiger partial charge is 0.385 e. The van der Waals surface area contributed by atoms with Crippen molar-refractivity contribution in [3.05, 3.63) is 35.6 Å². The summed E-state index contributed by atoms with van der Waals surface area (Å²) in [5, 5.41) is 3.28. The molecule has 11 heavy (non-hydrogen) atoms. The Morgan fingerprint density at radius 2 is 2.27 bits per heavy atom. The second-order valence-corrected chi connectivity index (χ2v) is 3.10. The number of nitrogens with one attached hydrogen (secondary N) is 1. The monoisotopic (exact) mass is 149 g/mol. The van der Waals surface area contributed by atoms with Crippen LogP contribution in [0.4, 0.5) is 0 Å². The van der Waals surface area contributed by atoms with Gasteiger partial charge in [0.1, 0.15) is 0 Å². The van der Waals surface area contributed by atoms with E-state index in [1.54, 1.807) is 0 Å². The first kappa shape index (κ1) is 8.12.